The van der Waals surface area contributed by atoms with Gasteiger partial charge in [-0.05, 0) is 38.3 Å². The first-order valence-corrected chi connectivity index (χ1v) is 11.5. The highest BCUT2D eigenvalue weighted by Crippen LogP contribution is 2.30. The van der Waals surface area contributed by atoms with Crippen LogP contribution in [0.4, 0.5) is 0 Å². The maximum atomic E-state index is 12.6. The van der Waals surface area contributed by atoms with Crippen molar-refractivity contribution in [1.29, 1.82) is 0 Å². The highest BCUT2D eigenvalue weighted by molar-refractivity contribution is 5.98. The highest BCUT2D eigenvalue weighted by atomic mass is 16.6. The molecule has 35 heavy (non-hydrogen) atoms. The van der Waals surface area contributed by atoms with E-state index in [1.807, 2.05) is 19.9 Å². The van der Waals surface area contributed by atoms with Crippen LogP contribution in [-0.4, -0.2) is 47.2 Å². The van der Waals surface area contributed by atoms with E-state index in [0.29, 0.717) is 11.7 Å². The first-order chi connectivity index (χ1) is 16.5. The first-order valence-electron chi connectivity index (χ1n) is 11.5. The minimum absolute atomic E-state index is 0.0880. The second kappa shape index (κ2) is 14.6. The Morgan fingerprint density at radius 3 is 2.09 bits per heavy atom. The summed E-state index contributed by atoms with van der Waals surface area (Å²) in [7, 11) is 1.39. The lowest BCUT2D eigenvalue weighted by atomic mass is 10.1. The van der Waals surface area contributed by atoms with Gasteiger partial charge in [0, 0.05) is 12.3 Å². The predicted molar refractivity (Wildman–Crippen MR) is 131 cm³/mol. The Morgan fingerprint density at radius 2 is 1.60 bits per heavy atom. The maximum Gasteiger partial charge on any atom is 0.328 e. The molecule has 2 N–H and O–H groups in total. The van der Waals surface area contributed by atoms with Gasteiger partial charge in [0.15, 0.2) is 11.4 Å². The standard InChI is InChI=1S/C20H30N2O6.C6H6O/c1-11(2)10-13(5)27-20(25)14(6)22-18(23)16-17(28-19(24)12(3)4)15(26-7)8-9-21-16;7-6-4-2-1-3-5-6/h8-9,11-14H,10H2,1-7H3,(H,22,23);1-5,7H/t13?,14-;/m0./s1. The molecular formula is C26H36N2O7. The number of aromatic hydroxyl groups is 1. The minimum atomic E-state index is -0.899. The highest BCUT2D eigenvalue weighted by Gasteiger charge is 2.26. The molecule has 9 nitrogen and oxygen atoms in total. The number of amides is 1. The van der Waals surface area contributed by atoms with Crippen LogP contribution in [-0.2, 0) is 14.3 Å². The number of nitrogens with one attached hydrogen (secondary N) is 1. The summed E-state index contributed by atoms with van der Waals surface area (Å²) in [4.78, 5) is 40.8. The molecule has 0 saturated heterocycles. The number of pyridine rings is 1. The Kier molecular flexibility index (Phi) is 12.3. The number of rotatable bonds is 9. The van der Waals surface area contributed by atoms with E-state index < -0.39 is 29.8 Å². The number of carbonyl (C=O) groups is 3. The van der Waals surface area contributed by atoms with E-state index in [1.165, 1.54) is 26.3 Å². The summed E-state index contributed by atoms with van der Waals surface area (Å²) in [5, 5.41) is 11.2. The Hall–Kier alpha value is -3.62. The Bertz CT molecular complexity index is 961. The lowest BCUT2D eigenvalue weighted by molar-refractivity contribution is -0.150. The zero-order valence-corrected chi connectivity index (χ0v) is 21.4. The third-order valence-corrected chi connectivity index (χ3v) is 4.56. The molecule has 9 heteroatoms. The normalized spacial score (nSPS) is 12.1. The van der Waals surface area contributed by atoms with Gasteiger partial charge in [-0.1, -0.05) is 45.9 Å². The van der Waals surface area contributed by atoms with Gasteiger partial charge >= 0.3 is 11.9 Å². The largest absolute Gasteiger partial charge is 0.508 e. The van der Waals surface area contributed by atoms with Crippen LogP contribution in [0.3, 0.4) is 0 Å². The lowest BCUT2D eigenvalue weighted by Gasteiger charge is -2.19. The number of ether oxygens (including phenoxy) is 3. The van der Waals surface area contributed by atoms with Crippen LogP contribution in [0.25, 0.3) is 0 Å². The number of phenols is 1. The second-order valence-corrected chi connectivity index (χ2v) is 8.67. The van der Waals surface area contributed by atoms with E-state index in [-0.39, 0.29) is 23.3 Å². The third kappa shape index (κ3) is 10.5. The summed E-state index contributed by atoms with van der Waals surface area (Å²) in [6.07, 6.45) is 1.82. The molecule has 1 unspecified atom stereocenters. The van der Waals surface area contributed by atoms with Crippen molar-refractivity contribution in [3.05, 3.63) is 48.3 Å². The molecule has 2 atom stereocenters. The summed E-state index contributed by atoms with van der Waals surface area (Å²) >= 11 is 0. The second-order valence-electron chi connectivity index (χ2n) is 8.67. The van der Waals surface area contributed by atoms with Gasteiger partial charge in [-0.3, -0.25) is 9.59 Å². The summed E-state index contributed by atoms with van der Waals surface area (Å²) in [6, 6.07) is 9.29. The van der Waals surface area contributed by atoms with Crippen LogP contribution in [0.5, 0.6) is 17.2 Å². The number of para-hydroxylation sites is 1. The van der Waals surface area contributed by atoms with Crippen molar-refractivity contribution in [2.45, 2.75) is 60.1 Å². The molecule has 1 amide bonds. The van der Waals surface area contributed by atoms with Gasteiger partial charge in [0.1, 0.15) is 11.8 Å². The van der Waals surface area contributed by atoms with Crippen molar-refractivity contribution in [2.75, 3.05) is 7.11 Å². The molecule has 0 aliphatic heterocycles. The van der Waals surface area contributed by atoms with Gasteiger partial charge in [0.25, 0.3) is 5.91 Å². The molecule has 0 aliphatic rings. The molecule has 1 aromatic carbocycles. The number of methoxy groups -OCH3 is 1. The summed E-state index contributed by atoms with van der Waals surface area (Å²) in [6.45, 7) is 10.7. The Morgan fingerprint density at radius 1 is 0.971 bits per heavy atom. The Balaban J connectivity index is 0.000000744. The molecule has 1 heterocycles. The zero-order valence-electron chi connectivity index (χ0n) is 21.4. The maximum absolute atomic E-state index is 12.6. The molecule has 0 radical (unpaired) electrons. The quantitative estimate of drug-likeness (QED) is 0.505. The van der Waals surface area contributed by atoms with Gasteiger partial charge in [-0.15, -0.1) is 0 Å². The molecule has 0 fully saturated rings. The molecule has 0 aliphatic carbocycles. The third-order valence-electron chi connectivity index (χ3n) is 4.56. The number of benzene rings is 1. The monoisotopic (exact) mass is 488 g/mol. The van der Waals surface area contributed by atoms with E-state index in [4.69, 9.17) is 19.3 Å². The molecule has 0 saturated carbocycles. The van der Waals surface area contributed by atoms with E-state index in [0.717, 1.165) is 6.42 Å². The van der Waals surface area contributed by atoms with Crippen LogP contribution >= 0.6 is 0 Å². The van der Waals surface area contributed by atoms with Gasteiger partial charge < -0.3 is 24.6 Å². The average molecular weight is 489 g/mol. The van der Waals surface area contributed by atoms with Gasteiger partial charge in [-0.25, -0.2) is 9.78 Å². The number of esters is 2. The van der Waals surface area contributed by atoms with Crippen molar-refractivity contribution in [1.82, 2.24) is 10.3 Å². The fourth-order valence-corrected chi connectivity index (χ4v) is 2.83. The summed E-state index contributed by atoms with van der Waals surface area (Å²) in [5.74, 6) is -1.36. The molecular weight excluding hydrogens is 452 g/mol. The molecule has 0 bridgehead atoms. The number of hydrogen-bond acceptors (Lipinski definition) is 8. The van der Waals surface area contributed by atoms with E-state index in [1.54, 1.807) is 45.0 Å². The average Bonchev–Trinajstić information content (AvgIpc) is 2.79. The zero-order chi connectivity index (χ0) is 26.5. The number of hydrogen-bond donors (Lipinski definition) is 2. The van der Waals surface area contributed by atoms with Crippen LogP contribution in [0.1, 0.15) is 58.5 Å². The summed E-state index contributed by atoms with van der Waals surface area (Å²) in [5.41, 5.74) is -0.150. The fraction of sp³-hybridized carbons (Fsp3) is 0.462. The predicted octanol–water partition coefficient (Wildman–Crippen LogP) is 4.14. The number of aromatic nitrogens is 1. The molecule has 0 spiro atoms. The molecule has 2 aromatic rings. The minimum Gasteiger partial charge on any atom is -0.508 e. The van der Waals surface area contributed by atoms with Crippen LogP contribution in [0.15, 0.2) is 42.6 Å². The Labute approximate surface area is 206 Å². The lowest BCUT2D eigenvalue weighted by Crippen LogP contribution is -2.41. The van der Waals surface area contributed by atoms with Crippen LogP contribution in [0, 0.1) is 11.8 Å². The first kappa shape index (κ1) is 29.4. The van der Waals surface area contributed by atoms with Gasteiger partial charge in [-0.2, -0.15) is 0 Å². The van der Waals surface area contributed by atoms with Crippen molar-refractivity contribution in [2.24, 2.45) is 11.8 Å². The van der Waals surface area contributed by atoms with Crippen molar-refractivity contribution >= 4 is 17.8 Å². The molecule has 192 valence electrons. The van der Waals surface area contributed by atoms with Crippen molar-refractivity contribution in [3.8, 4) is 17.2 Å². The van der Waals surface area contributed by atoms with E-state index in [9.17, 15) is 14.4 Å². The van der Waals surface area contributed by atoms with E-state index in [2.05, 4.69) is 10.3 Å². The van der Waals surface area contributed by atoms with Gasteiger partial charge in [0.2, 0.25) is 5.75 Å². The van der Waals surface area contributed by atoms with E-state index >= 15 is 0 Å². The van der Waals surface area contributed by atoms with Gasteiger partial charge in [0.05, 0.1) is 19.1 Å². The SMILES string of the molecule is COc1ccnc(C(=O)N[C@@H](C)C(=O)OC(C)CC(C)C)c1OC(=O)C(C)C.Oc1ccccc1. The smallest absolute Gasteiger partial charge is 0.328 e. The van der Waals surface area contributed by atoms with Crippen LogP contribution in [0.2, 0.25) is 0 Å². The van der Waals surface area contributed by atoms with Crippen molar-refractivity contribution < 1.29 is 33.7 Å². The summed E-state index contributed by atoms with van der Waals surface area (Å²) < 4.78 is 15.8. The number of carbonyl (C=O) groups excluding carboxylic acids is 3. The fourth-order valence-electron chi connectivity index (χ4n) is 2.83. The van der Waals surface area contributed by atoms with Crippen molar-refractivity contribution in [3.63, 3.8) is 0 Å². The number of phenolic OH excluding ortho intramolecular Hbond substituents is 1. The topological polar surface area (TPSA) is 124 Å². The molecule has 2 rings (SSSR count). The number of nitrogens with zero attached hydrogens (tertiary/aromatic N) is 1. The van der Waals surface area contributed by atoms with Crippen LogP contribution < -0.4 is 14.8 Å². The molecule has 1 aromatic heterocycles.